The maximum Gasteiger partial charge on any atom is 0.174 e. The summed E-state index contributed by atoms with van der Waals surface area (Å²) in [4.78, 5) is 0. The van der Waals surface area contributed by atoms with Crippen molar-refractivity contribution in [3.8, 4) is 0 Å². The van der Waals surface area contributed by atoms with E-state index in [9.17, 15) is 5.11 Å². The Hall–Kier alpha value is -0.280. The molecule has 0 amide bonds. The van der Waals surface area contributed by atoms with Gasteiger partial charge in [-0.2, -0.15) is 0 Å². The Labute approximate surface area is 79.7 Å². The van der Waals surface area contributed by atoms with Crippen LogP contribution in [0.1, 0.15) is 30.9 Å². The van der Waals surface area contributed by atoms with E-state index in [2.05, 4.69) is 15.9 Å². The zero-order chi connectivity index (χ0) is 8.55. The van der Waals surface area contributed by atoms with Crippen molar-refractivity contribution in [1.82, 2.24) is 0 Å². The van der Waals surface area contributed by atoms with Gasteiger partial charge in [0.2, 0.25) is 0 Å². The summed E-state index contributed by atoms with van der Waals surface area (Å²) in [6, 6.07) is 1.82. The third-order valence-electron chi connectivity index (χ3n) is 2.26. The van der Waals surface area contributed by atoms with Crippen LogP contribution < -0.4 is 0 Å². The Balaban J connectivity index is 2.02. The lowest BCUT2D eigenvalue weighted by Crippen LogP contribution is -1.97. The highest BCUT2D eigenvalue weighted by Crippen LogP contribution is 2.39. The Morgan fingerprint density at radius 2 is 2.42 bits per heavy atom. The van der Waals surface area contributed by atoms with Gasteiger partial charge in [0.15, 0.2) is 4.67 Å². The number of furan rings is 1. The van der Waals surface area contributed by atoms with Crippen LogP contribution in [0.25, 0.3) is 0 Å². The van der Waals surface area contributed by atoms with Gasteiger partial charge in [-0.25, -0.2) is 0 Å². The van der Waals surface area contributed by atoms with Crippen molar-refractivity contribution in [2.24, 2.45) is 5.92 Å². The molecule has 1 atom stereocenters. The number of rotatable bonds is 3. The highest BCUT2D eigenvalue weighted by molar-refractivity contribution is 9.10. The van der Waals surface area contributed by atoms with Gasteiger partial charge in [-0.3, -0.25) is 0 Å². The molecule has 0 spiro atoms. The van der Waals surface area contributed by atoms with Crippen molar-refractivity contribution in [2.75, 3.05) is 0 Å². The van der Waals surface area contributed by atoms with Crippen LogP contribution in [0.5, 0.6) is 0 Å². The van der Waals surface area contributed by atoms with E-state index in [-0.39, 0.29) is 6.10 Å². The molecule has 0 saturated heterocycles. The van der Waals surface area contributed by atoms with Gasteiger partial charge in [0, 0.05) is 5.56 Å². The van der Waals surface area contributed by atoms with E-state index in [0.717, 1.165) is 17.9 Å². The SMILES string of the molecule is OC(CC1CC1)c1ccoc1Br. The van der Waals surface area contributed by atoms with Crippen molar-refractivity contribution >= 4 is 15.9 Å². The Kier molecular flexibility index (Phi) is 2.24. The molecule has 1 aliphatic rings. The molecule has 1 aromatic rings. The van der Waals surface area contributed by atoms with Gasteiger partial charge in [0.25, 0.3) is 0 Å². The summed E-state index contributed by atoms with van der Waals surface area (Å²) < 4.78 is 5.71. The molecule has 1 unspecified atom stereocenters. The minimum atomic E-state index is -0.356. The van der Waals surface area contributed by atoms with Crippen molar-refractivity contribution in [2.45, 2.75) is 25.4 Å². The molecule has 0 radical (unpaired) electrons. The van der Waals surface area contributed by atoms with Gasteiger partial charge < -0.3 is 9.52 Å². The fraction of sp³-hybridized carbons (Fsp3) is 0.556. The van der Waals surface area contributed by atoms with Gasteiger partial charge in [-0.05, 0) is 34.3 Å². The summed E-state index contributed by atoms with van der Waals surface area (Å²) >= 11 is 3.25. The smallest absolute Gasteiger partial charge is 0.174 e. The molecule has 12 heavy (non-hydrogen) atoms. The van der Waals surface area contributed by atoms with Crippen LogP contribution in [0.3, 0.4) is 0 Å². The molecule has 1 fully saturated rings. The van der Waals surface area contributed by atoms with Crippen LogP contribution in [0.15, 0.2) is 21.4 Å². The second-order valence-corrected chi connectivity index (χ2v) is 4.06. The van der Waals surface area contributed by atoms with Gasteiger partial charge in [0.1, 0.15) is 0 Å². The molecular weight excluding hydrogens is 220 g/mol. The molecule has 2 nitrogen and oxygen atoms in total. The summed E-state index contributed by atoms with van der Waals surface area (Å²) in [6.07, 6.45) is 4.65. The average Bonchev–Trinajstić information content (AvgIpc) is 2.72. The molecule has 1 aromatic heterocycles. The van der Waals surface area contributed by atoms with Crippen molar-refractivity contribution < 1.29 is 9.52 Å². The Morgan fingerprint density at radius 3 is 2.92 bits per heavy atom. The highest BCUT2D eigenvalue weighted by atomic mass is 79.9. The molecule has 0 aliphatic heterocycles. The first-order valence-corrected chi connectivity index (χ1v) is 4.97. The molecule has 1 N–H and O–H groups in total. The third kappa shape index (κ3) is 1.72. The average molecular weight is 231 g/mol. The topological polar surface area (TPSA) is 33.4 Å². The summed E-state index contributed by atoms with van der Waals surface area (Å²) in [5, 5.41) is 9.71. The summed E-state index contributed by atoms with van der Waals surface area (Å²) in [5.74, 6) is 0.738. The summed E-state index contributed by atoms with van der Waals surface area (Å²) in [7, 11) is 0. The lowest BCUT2D eigenvalue weighted by molar-refractivity contribution is 0.158. The summed E-state index contributed by atoms with van der Waals surface area (Å²) in [6.45, 7) is 0. The lowest BCUT2D eigenvalue weighted by Gasteiger charge is -2.06. The van der Waals surface area contributed by atoms with E-state index in [1.165, 1.54) is 12.8 Å². The molecule has 1 aliphatic carbocycles. The first-order chi connectivity index (χ1) is 5.77. The van der Waals surface area contributed by atoms with Crippen LogP contribution in [0.4, 0.5) is 0 Å². The monoisotopic (exact) mass is 230 g/mol. The van der Waals surface area contributed by atoms with Gasteiger partial charge in [-0.1, -0.05) is 12.8 Å². The van der Waals surface area contributed by atoms with E-state index in [4.69, 9.17) is 4.42 Å². The molecular formula is C9H11BrO2. The number of aliphatic hydroxyl groups excluding tert-OH is 1. The van der Waals surface area contributed by atoms with Crippen LogP contribution in [0, 0.1) is 5.92 Å². The first-order valence-electron chi connectivity index (χ1n) is 4.18. The predicted molar refractivity (Wildman–Crippen MR) is 48.7 cm³/mol. The van der Waals surface area contributed by atoms with Gasteiger partial charge in [-0.15, -0.1) is 0 Å². The number of hydrogen-bond donors (Lipinski definition) is 1. The summed E-state index contributed by atoms with van der Waals surface area (Å²) in [5.41, 5.74) is 0.877. The third-order valence-corrected chi connectivity index (χ3v) is 2.90. The molecule has 2 rings (SSSR count). The fourth-order valence-corrected chi connectivity index (χ4v) is 1.84. The first kappa shape index (κ1) is 8.32. The zero-order valence-electron chi connectivity index (χ0n) is 6.66. The van der Waals surface area contributed by atoms with Crippen molar-refractivity contribution in [3.05, 3.63) is 22.6 Å². The predicted octanol–water partition coefficient (Wildman–Crippen LogP) is 2.88. The maximum absolute atomic E-state index is 9.71. The second kappa shape index (κ2) is 3.23. The van der Waals surface area contributed by atoms with Crippen LogP contribution in [-0.2, 0) is 0 Å². The quantitative estimate of drug-likeness (QED) is 0.867. The van der Waals surface area contributed by atoms with Crippen LogP contribution >= 0.6 is 15.9 Å². The highest BCUT2D eigenvalue weighted by Gasteiger charge is 2.26. The molecule has 1 heterocycles. The normalized spacial score (nSPS) is 19.5. The standard InChI is InChI=1S/C9H11BrO2/c10-9-7(3-4-12-9)8(11)5-6-1-2-6/h3-4,6,8,11H,1-2,5H2. The van der Waals surface area contributed by atoms with Crippen LogP contribution in [-0.4, -0.2) is 5.11 Å². The maximum atomic E-state index is 9.71. The molecule has 3 heteroatoms. The number of halogens is 1. The van der Waals surface area contributed by atoms with E-state index in [0.29, 0.717) is 4.67 Å². The Bertz CT molecular complexity index is 265. The van der Waals surface area contributed by atoms with E-state index in [1.54, 1.807) is 6.26 Å². The van der Waals surface area contributed by atoms with Crippen LogP contribution in [0.2, 0.25) is 0 Å². The van der Waals surface area contributed by atoms with Crippen molar-refractivity contribution in [1.29, 1.82) is 0 Å². The number of aliphatic hydroxyl groups is 1. The second-order valence-electron chi connectivity index (χ2n) is 3.34. The molecule has 0 aromatic carbocycles. The fourth-order valence-electron chi connectivity index (χ4n) is 1.34. The van der Waals surface area contributed by atoms with E-state index in [1.807, 2.05) is 6.07 Å². The lowest BCUT2D eigenvalue weighted by atomic mass is 10.1. The van der Waals surface area contributed by atoms with Gasteiger partial charge >= 0.3 is 0 Å². The molecule has 66 valence electrons. The van der Waals surface area contributed by atoms with Gasteiger partial charge in [0.05, 0.1) is 12.4 Å². The van der Waals surface area contributed by atoms with E-state index >= 15 is 0 Å². The number of hydrogen-bond acceptors (Lipinski definition) is 2. The minimum Gasteiger partial charge on any atom is -0.457 e. The van der Waals surface area contributed by atoms with E-state index < -0.39 is 0 Å². The largest absolute Gasteiger partial charge is 0.457 e. The molecule has 0 bridgehead atoms. The van der Waals surface area contributed by atoms with Crippen molar-refractivity contribution in [3.63, 3.8) is 0 Å². The molecule has 1 saturated carbocycles. The zero-order valence-corrected chi connectivity index (χ0v) is 8.25. The minimum absolute atomic E-state index is 0.356. The Morgan fingerprint density at radius 1 is 1.67 bits per heavy atom.